The lowest BCUT2D eigenvalue weighted by atomic mass is 10.0. The number of hydrogen-bond donors (Lipinski definition) is 0. The average Bonchev–Trinajstić information content (AvgIpc) is 2.44. The Morgan fingerprint density at radius 1 is 1.11 bits per heavy atom. The normalized spacial score (nSPS) is 10.3. The topological polar surface area (TPSA) is 65.5 Å². The van der Waals surface area contributed by atoms with Crippen molar-refractivity contribution >= 4 is 38.8 Å². The smallest absolute Gasteiger partial charge is 0.338 e. The molecule has 0 amide bonds. The van der Waals surface area contributed by atoms with E-state index in [0.717, 1.165) is 9.86 Å². The maximum atomic E-state index is 11.7. The molecule has 2 aromatic rings. The van der Waals surface area contributed by atoms with Crippen molar-refractivity contribution in [1.29, 1.82) is 0 Å². The molecule has 0 aliphatic carbocycles. The number of pyridine rings is 1. The number of aromatic nitrogens is 1. The molecule has 0 fully saturated rings. The van der Waals surface area contributed by atoms with Gasteiger partial charge in [0.15, 0.2) is 0 Å². The molecule has 98 valence electrons. The van der Waals surface area contributed by atoms with Gasteiger partial charge in [0.05, 0.1) is 30.9 Å². The summed E-state index contributed by atoms with van der Waals surface area (Å²) in [6, 6.07) is 4.82. The highest BCUT2D eigenvalue weighted by molar-refractivity contribution is 9.10. The maximum Gasteiger partial charge on any atom is 0.338 e. The van der Waals surface area contributed by atoms with Crippen molar-refractivity contribution in [3.63, 3.8) is 0 Å². The number of esters is 2. The summed E-state index contributed by atoms with van der Waals surface area (Å²) in [5, 5.41) is 0.718. The van der Waals surface area contributed by atoms with E-state index in [-0.39, 0.29) is 11.1 Å². The first-order chi connectivity index (χ1) is 9.08. The van der Waals surface area contributed by atoms with E-state index < -0.39 is 11.9 Å². The van der Waals surface area contributed by atoms with Gasteiger partial charge in [-0.1, -0.05) is 15.9 Å². The second-order valence-corrected chi connectivity index (χ2v) is 4.55. The van der Waals surface area contributed by atoms with Crippen LogP contribution in [-0.4, -0.2) is 31.1 Å². The number of fused-ring (bicyclic) bond motifs is 1. The largest absolute Gasteiger partial charge is 0.465 e. The Balaban J connectivity index is 2.78. The number of benzene rings is 1. The predicted octanol–water partition coefficient (Wildman–Crippen LogP) is 2.57. The molecule has 0 unspecified atom stereocenters. The van der Waals surface area contributed by atoms with E-state index in [0.29, 0.717) is 5.52 Å². The van der Waals surface area contributed by atoms with E-state index in [4.69, 9.17) is 0 Å². The van der Waals surface area contributed by atoms with Crippen LogP contribution in [0.25, 0.3) is 10.9 Å². The number of methoxy groups -OCH3 is 2. The number of nitrogens with zero attached hydrogens (tertiary/aromatic N) is 1. The lowest BCUT2D eigenvalue weighted by Crippen LogP contribution is -2.12. The van der Waals surface area contributed by atoms with Gasteiger partial charge in [-0.25, -0.2) is 9.59 Å². The summed E-state index contributed by atoms with van der Waals surface area (Å²) >= 11 is 3.37. The number of carbonyl (C=O) groups excluding carboxylic acids is 2. The van der Waals surface area contributed by atoms with Crippen LogP contribution in [0.3, 0.4) is 0 Å². The van der Waals surface area contributed by atoms with Gasteiger partial charge in [-0.2, -0.15) is 0 Å². The molecule has 0 saturated heterocycles. The Labute approximate surface area is 117 Å². The molecular weight excluding hydrogens is 314 g/mol. The summed E-state index contributed by atoms with van der Waals surface area (Å²) in [7, 11) is 2.51. The van der Waals surface area contributed by atoms with Crippen molar-refractivity contribution in [3.05, 3.63) is 40.0 Å². The molecule has 0 atom stereocenters. The minimum Gasteiger partial charge on any atom is -0.465 e. The quantitative estimate of drug-likeness (QED) is 0.795. The first kappa shape index (κ1) is 13.5. The van der Waals surface area contributed by atoms with Gasteiger partial charge in [-0.3, -0.25) is 4.98 Å². The van der Waals surface area contributed by atoms with Gasteiger partial charge in [-0.05, 0) is 18.2 Å². The summed E-state index contributed by atoms with van der Waals surface area (Å²) in [5.74, 6) is -1.21. The van der Waals surface area contributed by atoms with Crippen molar-refractivity contribution in [1.82, 2.24) is 4.98 Å². The van der Waals surface area contributed by atoms with Gasteiger partial charge >= 0.3 is 11.9 Å². The molecule has 0 saturated carbocycles. The fourth-order valence-electron chi connectivity index (χ4n) is 1.72. The lowest BCUT2D eigenvalue weighted by molar-refractivity contribution is 0.0555. The van der Waals surface area contributed by atoms with Crippen LogP contribution in [0.5, 0.6) is 0 Å². The summed E-state index contributed by atoms with van der Waals surface area (Å²) in [5.41, 5.74) is 0.866. The fourth-order valence-corrected chi connectivity index (χ4v) is 2.15. The molecule has 0 bridgehead atoms. The Kier molecular flexibility index (Phi) is 3.80. The van der Waals surface area contributed by atoms with Crippen LogP contribution < -0.4 is 0 Å². The first-order valence-electron chi connectivity index (χ1n) is 5.33. The molecule has 1 aromatic heterocycles. The molecule has 0 aliphatic rings. The molecular formula is C13H10BrNO4. The highest BCUT2D eigenvalue weighted by atomic mass is 79.9. The zero-order valence-corrected chi connectivity index (χ0v) is 11.9. The Bertz CT molecular complexity index is 669. The van der Waals surface area contributed by atoms with E-state index in [2.05, 4.69) is 30.4 Å². The highest BCUT2D eigenvalue weighted by Gasteiger charge is 2.20. The Morgan fingerprint density at radius 2 is 1.68 bits per heavy atom. The third kappa shape index (κ3) is 2.44. The number of carbonyl (C=O) groups is 2. The van der Waals surface area contributed by atoms with E-state index in [9.17, 15) is 9.59 Å². The summed E-state index contributed by atoms with van der Waals surface area (Å²) in [6.07, 6.45) is 1.60. The molecule has 19 heavy (non-hydrogen) atoms. The standard InChI is InChI=1S/C13H10BrNO4/c1-18-12(16)7-5-9-10(14)3-4-15-11(9)6-8(7)13(17)19-2/h3-6H,1-2H3. The molecule has 0 spiro atoms. The van der Waals surface area contributed by atoms with Gasteiger partial charge in [0.25, 0.3) is 0 Å². The highest BCUT2D eigenvalue weighted by Crippen LogP contribution is 2.26. The van der Waals surface area contributed by atoms with Gasteiger partial charge in [-0.15, -0.1) is 0 Å². The first-order valence-corrected chi connectivity index (χ1v) is 6.12. The Hall–Kier alpha value is -1.95. The summed E-state index contributed by atoms with van der Waals surface area (Å²) < 4.78 is 10.1. The zero-order valence-electron chi connectivity index (χ0n) is 10.3. The van der Waals surface area contributed by atoms with Gasteiger partial charge in [0.1, 0.15) is 0 Å². The van der Waals surface area contributed by atoms with Crippen LogP contribution in [0.2, 0.25) is 0 Å². The lowest BCUT2D eigenvalue weighted by Gasteiger charge is -2.08. The molecule has 6 heteroatoms. The molecule has 2 rings (SSSR count). The average molecular weight is 324 g/mol. The van der Waals surface area contributed by atoms with Crippen LogP contribution in [-0.2, 0) is 9.47 Å². The molecule has 0 radical (unpaired) electrons. The van der Waals surface area contributed by atoms with Crippen LogP contribution in [0.4, 0.5) is 0 Å². The van der Waals surface area contributed by atoms with Gasteiger partial charge in [0, 0.05) is 16.1 Å². The van der Waals surface area contributed by atoms with Crippen LogP contribution in [0.15, 0.2) is 28.9 Å². The van der Waals surface area contributed by atoms with E-state index >= 15 is 0 Å². The predicted molar refractivity (Wildman–Crippen MR) is 72.1 cm³/mol. The summed E-state index contributed by atoms with van der Waals surface area (Å²) in [6.45, 7) is 0. The second kappa shape index (κ2) is 5.36. The van der Waals surface area contributed by atoms with E-state index in [1.54, 1.807) is 18.3 Å². The zero-order chi connectivity index (χ0) is 14.0. The third-order valence-corrected chi connectivity index (χ3v) is 3.33. The monoisotopic (exact) mass is 323 g/mol. The van der Waals surface area contributed by atoms with Crippen molar-refractivity contribution in [2.45, 2.75) is 0 Å². The molecule has 5 nitrogen and oxygen atoms in total. The van der Waals surface area contributed by atoms with Crippen molar-refractivity contribution in [3.8, 4) is 0 Å². The second-order valence-electron chi connectivity index (χ2n) is 3.69. The van der Waals surface area contributed by atoms with Crippen molar-refractivity contribution < 1.29 is 19.1 Å². The molecule has 1 aromatic carbocycles. The Morgan fingerprint density at radius 3 is 2.26 bits per heavy atom. The molecule has 0 aliphatic heterocycles. The number of rotatable bonds is 2. The van der Waals surface area contributed by atoms with E-state index in [1.165, 1.54) is 20.3 Å². The van der Waals surface area contributed by atoms with Gasteiger partial charge < -0.3 is 9.47 Å². The van der Waals surface area contributed by atoms with Crippen LogP contribution in [0, 0.1) is 0 Å². The van der Waals surface area contributed by atoms with Crippen molar-refractivity contribution in [2.24, 2.45) is 0 Å². The number of halogens is 1. The number of hydrogen-bond acceptors (Lipinski definition) is 5. The SMILES string of the molecule is COC(=O)c1cc2nccc(Br)c2cc1C(=O)OC. The minimum absolute atomic E-state index is 0.132. The maximum absolute atomic E-state index is 11.7. The minimum atomic E-state index is -0.607. The van der Waals surface area contributed by atoms with E-state index in [1.807, 2.05) is 0 Å². The van der Waals surface area contributed by atoms with Crippen LogP contribution >= 0.6 is 15.9 Å². The van der Waals surface area contributed by atoms with Crippen molar-refractivity contribution in [2.75, 3.05) is 14.2 Å². The molecule has 0 N–H and O–H groups in total. The number of ether oxygens (including phenoxy) is 2. The van der Waals surface area contributed by atoms with Crippen LogP contribution in [0.1, 0.15) is 20.7 Å². The molecule has 1 heterocycles. The fraction of sp³-hybridized carbons (Fsp3) is 0.154. The summed E-state index contributed by atoms with van der Waals surface area (Å²) in [4.78, 5) is 27.6. The third-order valence-electron chi connectivity index (χ3n) is 2.64. The van der Waals surface area contributed by atoms with Gasteiger partial charge in [0.2, 0.25) is 0 Å².